The van der Waals surface area contributed by atoms with E-state index in [9.17, 15) is 13.6 Å². The molecule has 0 saturated heterocycles. The van der Waals surface area contributed by atoms with Crippen molar-refractivity contribution in [1.82, 2.24) is 0 Å². The Balaban J connectivity index is 2.93. The van der Waals surface area contributed by atoms with Crippen molar-refractivity contribution in [2.45, 2.75) is 20.0 Å². The quantitative estimate of drug-likeness (QED) is 0.654. The zero-order valence-electron chi connectivity index (χ0n) is 9.46. The van der Waals surface area contributed by atoms with Crippen LogP contribution in [0.25, 0.3) is 0 Å². The van der Waals surface area contributed by atoms with Gasteiger partial charge in [0.1, 0.15) is 6.10 Å². The van der Waals surface area contributed by atoms with Crippen molar-refractivity contribution >= 4 is 5.97 Å². The predicted octanol–water partition coefficient (Wildman–Crippen LogP) is 2.85. The SMILES string of the molecule is C=C(C)C(=O)OC(C)c1cc(F)c(O)c(F)c1. The fraction of sp³-hybridized carbons (Fsp3) is 0.250. The highest BCUT2D eigenvalue weighted by molar-refractivity contribution is 5.87. The second-order valence-electron chi connectivity index (χ2n) is 3.66. The number of rotatable bonds is 3. The third-order valence-electron chi connectivity index (χ3n) is 2.14. The number of hydrogen-bond donors (Lipinski definition) is 1. The topological polar surface area (TPSA) is 46.5 Å². The molecule has 1 atom stereocenters. The van der Waals surface area contributed by atoms with Gasteiger partial charge in [-0.05, 0) is 31.5 Å². The van der Waals surface area contributed by atoms with Crippen molar-refractivity contribution in [2.75, 3.05) is 0 Å². The van der Waals surface area contributed by atoms with Crippen molar-refractivity contribution in [1.29, 1.82) is 0 Å². The first kappa shape index (κ1) is 13.2. The van der Waals surface area contributed by atoms with E-state index in [1.807, 2.05) is 0 Å². The van der Waals surface area contributed by atoms with Crippen molar-refractivity contribution in [3.05, 3.63) is 41.5 Å². The van der Waals surface area contributed by atoms with E-state index in [2.05, 4.69) is 6.58 Å². The Hall–Kier alpha value is -1.91. The molecule has 0 amide bonds. The van der Waals surface area contributed by atoms with E-state index in [1.54, 1.807) is 0 Å². The van der Waals surface area contributed by atoms with Crippen molar-refractivity contribution in [2.24, 2.45) is 0 Å². The molecule has 1 unspecified atom stereocenters. The largest absolute Gasteiger partial charge is 0.503 e. The zero-order chi connectivity index (χ0) is 13.2. The van der Waals surface area contributed by atoms with Gasteiger partial charge in [-0.1, -0.05) is 6.58 Å². The standard InChI is InChI=1S/C12H12F2O3/c1-6(2)12(16)17-7(3)8-4-9(13)11(15)10(14)5-8/h4-5,7,15H,1H2,2-3H3. The van der Waals surface area contributed by atoms with Gasteiger partial charge >= 0.3 is 5.97 Å². The molecule has 0 fully saturated rings. The normalized spacial score (nSPS) is 12.0. The molecule has 0 radical (unpaired) electrons. The molecule has 0 heterocycles. The second kappa shape index (κ2) is 4.95. The summed E-state index contributed by atoms with van der Waals surface area (Å²) in [5, 5.41) is 8.91. The molecule has 0 spiro atoms. The summed E-state index contributed by atoms with van der Waals surface area (Å²) >= 11 is 0. The highest BCUT2D eigenvalue weighted by atomic mass is 19.1. The van der Waals surface area contributed by atoms with Crippen LogP contribution in [0.1, 0.15) is 25.5 Å². The molecular formula is C12H12F2O3. The van der Waals surface area contributed by atoms with E-state index < -0.39 is 29.5 Å². The van der Waals surface area contributed by atoms with Crippen LogP contribution in [-0.2, 0) is 9.53 Å². The highest BCUT2D eigenvalue weighted by Crippen LogP contribution is 2.26. The third-order valence-corrected chi connectivity index (χ3v) is 2.14. The number of carbonyl (C=O) groups excluding carboxylic acids is 1. The summed E-state index contributed by atoms with van der Waals surface area (Å²) in [5.41, 5.74) is 0.309. The lowest BCUT2D eigenvalue weighted by Crippen LogP contribution is -2.09. The molecule has 0 aliphatic heterocycles. The number of carbonyl (C=O) groups is 1. The molecular weight excluding hydrogens is 230 g/mol. The Bertz CT molecular complexity index is 446. The van der Waals surface area contributed by atoms with Crippen LogP contribution in [0.2, 0.25) is 0 Å². The molecule has 0 saturated carbocycles. The first-order valence-electron chi connectivity index (χ1n) is 4.87. The number of aromatic hydroxyl groups is 1. The van der Waals surface area contributed by atoms with Crippen LogP contribution in [0.15, 0.2) is 24.3 Å². The first-order chi connectivity index (χ1) is 7.82. The van der Waals surface area contributed by atoms with Gasteiger partial charge in [0.2, 0.25) is 0 Å². The van der Waals surface area contributed by atoms with Crippen LogP contribution in [0.5, 0.6) is 5.75 Å². The second-order valence-corrected chi connectivity index (χ2v) is 3.66. The fourth-order valence-electron chi connectivity index (χ4n) is 1.15. The summed E-state index contributed by atoms with van der Waals surface area (Å²) < 4.78 is 31.0. The molecule has 17 heavy (non-hydrogen) atoms. The first-order valence-corrected chi connectivity index (χ1v) is 4.87. The van der Waals surface area contributed by atoms with Crippen molar-refractivity contribution < 1.29 is 23.4 Å². The summed E-state index contributed by atoms with van der Waals surface area (Å²) in [7, 11) is 0. The molecule has 1 aromatic carbocycles. The minimum Gasteiger partial charge on any atom is -0.503 e. The minimum absolute atomic E-state index is 0.118. The molecule has 5 heteroatoms. The van der Waals surface area contributed by atoms with Gasteiger partial charge < -0.3 is 9.84 Å². The van der Waals surface area contributed by atoms with Gasteiger partial charge in [0.05, 0.1) is 0 Å². The number of ether oxygens (including phenoxy) is 1. The Morgan fingerprint density at radius 2 is 1.88 bits per heavy atom. The van der Waals surface area contributed by atoms with E-state index >= 15 is 0 Å². The summed E-state index contributed by atoms with van der Waals surface area (Å²) in [6.07, 6.45) is -0.830. The van der Waals surface area contributed by atoms with Crippen LogP contribution >= 0.6 is 0 Å². The molecule has 3 nitrogen and oxygen atoms in total. The van der Waals surface area contributed by atoms with Crippen LogP contribution in [0.3, 0.4) is 0 Å². The summed E-state index contributed by atoms with van der Waals surface area (Å²) in [6, 6.07) is 1.82. The lowest BCUT2D eigenvalue weighted by atomic mass is 10.1. The van der Waals surface area contributed by atoms with Crippen LogP contribution < -0.4 is 0 Å². The average molecular weight is 242 g/mol. The van der Waals surface area contributed by atoms with Gasteiger partial charge in [0.15, 0.2) is 17.4 Å². The Labute approximate surface area is 97.3 Å². The summed E-state index contributed by atoms with van der Waals surface area (Å²) in [5.74, 6) is -3.89. The predicted molar refractivity (Wildman–Crippen MR) is 57.3 cm³/mol. The Morgan fingerprint density at radius 1 is 1.41 bits per heavy atom. The van der Waals surface area contributed by atoms with E-state index in [-0.39, 0.29) is 11.1 Å². The average Bonchev–Trinajstić information content (AvgIpc) is 2.24. The molecule has 0 aliphatic carbocycles. The molecule has 0 bridgehead atoms. The third kappa shape index (κ3) is 3.03. The summed E-state index contributed by atoms with van der Waals surface area (Å²) in [6.45, 7) is 6.32. The number of halogens is 2. The highest BCUT2D eigenvalue weighted by Gasteiger charge is 2.17. The lowest BCUT2D eigenvalue weighted by Gasteiger charge is -2.14. The number of esters is 1. The van der Waals surface area contributed by atoms with E-state index in [4.69, 9.17) is 9.84 Å². The molecule has 92 valence electrons. The van der Waals surface area contributed by atoms with Gasteiger partial charge in [-0.25, -0.2) is 13.6 Å². The van der Waals surface area contributed by atoms with E-state index in [0.29, 0.717) is 0 Å². The number of phenolic OH excluding ortho intramolecular Hbond substituents is 1. The van der Waals surface area contributed by atoms with Crippen LogP contribution in [0, 0.1) is 11.6 Å². The monoisotopic (exact) mass is 242 g/mol. The maximum Gasteiger partial charge on any atom is 0.333 e. The maximum atomic E-state index is 13.0. The van der Waals surface area contributed by atoms with Gasteiger partial charge in [-0.15, -0.1) is 0 Å². The van der Waals surface area contributed by atoms with Gasteiger partial charge in [0.25, 0.3) is 0 Å². The summed E-state index contributed by atoms with van der Waals surface area (Å²) in [4.78, 5) is 11.2. The van der Waals surface area contributed by atoms with E-state index in [0.717, 1.165) is 12.1 Å². The molecule has 1 rings (SSSR count). The Morgan fingerprint density at radius 3 is 2.29 bits per heavy atom. The van der Waals surface area contributed by atoms with E-state index in [1.165, 1.54) is 13.8 Å². The van der Waals surface area contributed by atoms with Crippen LogP contribution in [-0.4, -0.2) is 11.1 Å². The molecule has 1 N–H and O–H groups in total. The smallest absolute Gasteiger partial charge is 0.333 e. The molecule has 1 aromatic rings. The fourth-order valence-corrected chi connectivity index (χ4v) is 1.15. The molecule has 0 aromatic heterocycles. The van der Waals surface area contributed by atoms with Crippen molar-refractivity contribution in [3.8, 4) is 5.75 Å². The number of phenols is 1. The molecule has 0 aliphatic rings. The number of benzene rings is 1. The lowest BCUT2D eigenvalue weighted by molar-refractivity contribution is -0.143. The zero-order valence-corrected chi connectivity index (χ0v) is 9.46. The van der Waals surface area contributed by atoms with Crippen molar-refractivity contribution in [3.63, 3.8) is 0 Å². The van der Waals surface area contributed by atoms with Gasteiger partial charge in [-0.3, -0.25) is 0 Å². The Kier molecular flexibility index (Phi) is 3.83. The van der Waals surface area contributed by atoms with Gasteiger partial charge in [-0.2, -0.15) is 0 Å². The number of hydrogen-bond acceptors (Lipinski definition) is 3. The maximum absolute atomic E-state index is 13.0. The minimum atomic E-state index is -1.10. The van der Waals surface area contributed by atoms with Crippen LogP contribution in [0.4, 0.5) is 8.78 Å². The van der Waals surface area contributed by atoms with Gasteiger partial charge in [0, 0.05) is 5.57 Å².